The average Bonchev–Trinajstić information content (AvgIpc) is 3.20. The molecule has 0 unspecified atom stereocenters. The van der Waals surface area contributed by atoms with E-state index in [-0.39, 0.29) is 36.2 Å². The predicted octanol–water partition coefficient (Wildman–Crippen LogP) is 1.36. The van der Waals surface area contributed by atoms with Crippen molar-refractivity contribution in [1.29, 1.82) is 0 Å². The zero-order chi connectivity index (χ0) is 19.9. The summed E-state index contributed by atoms with van der Waals surface area (Å²) in [5.74, 6) is -0.239. The van der Waals surface area contributed by atoms with Crippen molar-refractivity contribution in [3.63, 3.8) is 0 Å². The van der Waals surface area contributed by atoms with Crippen LogP contribution in [-0.4, -0.2) is 40.7 Å². The zero-order valence-corrected chi connectivity index (χ0v) is 14.8. The van der Waals surface area contributed by atoms with Gasteiger partial charge >= 0.3 is 5.97 Å². The number of ether oxygens (including phenoxy) is 3. The third kappa shape index (κ3) is 4.61. The van der Waals surface area contributed by atoms with E-state index in [1.165, 1.54) is 25.3 Å². The van der Waals surface area contributed by atoms with Crippen LogP contribution in [0.25, 0.3) is 11.4 Å². The predicted molar refractivity (Wildman–Crippen MR) is 94.3 cm³/mol. The molecule has 3 rings (SSSR count). The van der Waals surface area contributed by atoms with Crippen molar-refractivity contribution in [2.24, 2.45) is 5.73 Å². The van der Waals surface area contributed by atoms with Gasteiger partial charge in [-0.25, -0.2) is 4.79 Å². The van der Waals surface area contributed by atoms with E-state index in [1.54, 1.807) is 24.5 Å². The highest BCUT2D eigenvalue weighted by Gasteiger charge is 2.15. The van der Waals surface area contributed by atoms with Crippen LogP contribution < -0.4 is 15.2 Å². The van der Waals surface area contributed by atoms with Crippen molar-refractivity contribution >= 4 is 11.9 Å². The van der Waals surface area contributed by atoms with E-state index in [1.807, 2.05) is 0 Å². The van der Waals surface area contributed by atoms with Gasteiger partial charge in [0.1, 0.15) is 0 Å². The van der Waals surface area contributed by atoms with Crippen molar-refractivity contribution in [2.75, 3.05) is 13.7 Å². The van der Waals surface area contributed by atoms with Gasteiger partial charge in [-0.15, -0.1) is 0 Å². The van der Waals surface area contributed by atoms with Crippen LogP contribution in [0.2, 0.25) is 0 Å². The number of esters is 1. The van der Waals surface area contributed by atoms with Gasteiger partial charge in [-0.2, -0.15) is 4.98 Å². The van der Waals surface area contributed by atoms with E-state index < -0.39 is 11.9 Å². The number of nitrogens with zero attached hydrogens (tertiary/aromatic N) is 3. The fraction of sp³-hybridized carbons (Fsp3) is 0.167. The number of hydrogen-bond acceptors (Lipinski definition) is 9. The molecular weight excluding hydrogens is 368 g/mol. The third-order valence-electron chi connectivity index (χ3n) is 3.48. The number of methoxy groups -OCH3 is 1. The monoisotopic (exact) mass is 384 g/mol. The minimum atomic E-state index is -0.629. The van der Waals surface area contributed by atoms with E-state index in [0.717, 1.165) is 0 Å². The summed E-state index contributed by atoms with van der Waals surface area (Å²) in [7, 11) is 1.40. The number of pyridine rings is 1. The Labute approximate surface area is 159 Å². The third-order valence-corrected chi connectivity index (χ3v) is 3.48. The number of hydrogen-bond donors (Lipinski definition) is 1. The number of carbonyl (C=O) groups is 2. The molecular formula is C18H16N4O6. The standard InChI is InChI=1S/C18H16N4O6/c1-25-14-7-11(4-5-13(14)26-9-15(19)23)18(24)27-10-16-21-17(22-28-16)12-3-2-6-20-8-12/h2-8H,9-10H2,1H3,(H2,19,23). The Morgan fingerprint density at radius 1 is 1.21 bits per heavy atom. The molecule has 10 heteroatoms. The van der Waals surface area contributed by atoms with Crippen molar-refractivity contribution in [1.82, 2.24) is 15.1 Å². The molecule has 3 aromatic rings. The van der Waals surface area contributed by atoms with Gasteiger partial charge in [-0.3, -0.25) is 9.78 Å². The largest absolute Gasteiger partial charge is 0.493 e. The molecule has 0 spiro atoms. The van der Waals surface area contributed by atoms with Crippen molar-refractivity contribution in [3.8, 4) is 22.9 Å². The first-order valence-electron chi connectivity index (χ1n) is 8.06. The highest BCUT2D eigenvalue weighted by molar-refractivity contribution is 5.90. The van der Waals surface area contributed by atoms with Crippen LogP contribution in [0.1, 0.15) is 16.2 Å². The number of nitrogens with two attached hydrogens (primary N) is 1. The molecule has 1 amide bonds. The molecule has 10 nitrogen and oxygen atoms in total. The van der Waals surface area contributed by atoms with Crippen LogP contribution in [0.4, 0.5) is 0 Å². The fourth-order valence-electron chi connectivity index (χ4n) is 2.20. The van der Waals surface area contributed by atoms with Crippen molar-refractivity contribution < 1.29 is 28.3 Å². The Balaban J connectivity index is 1.63. The number of carbonyl (C=O) groups excluding carboxylic acids is 2. The summed E-state index contributed by atoms with van der Waals surface area (Å²) in [4.78, 5) is 31.2. The Hall–Kier alpha value is -3.95. The molecule has 0 bridgehead atoms. The van der Waals surface area contributed by atoms with E-state index in [0.29, 0.717) is 11.4 Å². The Kier molecular flexibility index (Phi) is 5.80. The second-order valence-electron chi connectivity index (χ2n) is 5.45. The summed E-state index contributed by atoms with van der Waals surface area (Å²) in [5, 5.41) is 3.82. The van der Waals surface area contributed by atoms with E-state index in [2.05, 4.69) is 15.1 Å². The number of rotatable bonds is 8. The second-order valence-corrected chi connectivity index (χ2v) is 5.45. The van der Waals surface area contributed by atoms with E-state index in [4.69, 9.17) is 24.5 Å². The molecule has 144 valence electrons. The number of primary amides is 1. The lowest BCUT2D eigenvalue weighted by molar-refractivity contribution is -0.119. The van der Waals surface area contributed by atoms with Crippen LogP contribution in [-0.2, 0) is 16.1 Å². The van der Waals surface area contributed by atoms with Crippen LogP contribution in [0.3, 0.4) is 0 Å². The van der Waals surface area contributed by atoms with Crippen LogP contribution in [0.5, 0.6) is 11.5 Å². The Bertz CT molecular complexity index is 973. The lowest BCUT2D eigenvalue weighted by Crippen LogP contribution is -2.20. The number of benzene rings is 1. The highest BCUT2D eigenvalue weighted by Crippen LogP contribution is 2.28. The maximum absolute atomic E-state index is 12.2. The molecule has 0 aliphatic heterocycles. The molecule has 0 saturated heterocycles. The van der Waals surface area contributed by atoms with E-state index in [9.17, 15) is 9.59 Å². The molecule has 2 heterocycles. The fourth-order valence-corrected chi connectivity index (χ4v) is 2.20. The molecule has 1 aromatic carbocycles. The summed E-state index contributed by atoms with van der Waals surface area (Å²) in [6.07, 6.45) is 3.22. The first-order valence-corrected chi connectivity index (χ1v) is 8.06. The molecule has 0 radical (unpaired) electrons. The van der Waals surface area contributed by atoms with Crippen LogP contribution in [0, 0.1) is 0 Å². The highest BCUT2D eigenvalue weighted by atomic mass is 16.6. The molecule has 28 heavy (non-hydrogen) atoms. The van der Waals surface area contributed by atoms with Gasteiger partial charge in [0.25, 0.3) is 11.8 Å². The minimum Gasteiger partial charge on any atom is -0.493 e. The summed E-state index contributed by atoms with van der Waals surface area (Å²) in [5.41, 5.74) is 5.94. The first kappa shape index (κ1) is 18.8. The molecule has 2 N–H and O–H groups in total. The van der Waals surface area contributed by atoms with Gasteiger partial charge in [0.15, 0.2) is 24.7 Å². The molecule has 0 fully saturated rings. The second kappa shape index (κ2) is 8.62. The smallest absolute Gasteiger partial charge is 0.338 e. The van der Waals surface area contributed by atoms with Crippen molar-refractivity contribution in [3.05, 3.63) is 54.2 Å². The van der Waals surface area contributed by atoms with Crippen molar-refractivity contribution in [2.45, 2.75) is 6.61 Å². The van der Waals surface area contributed by atoms with Gasteiger partial charge in [0.05, 0.1) is 12.7 Å². The average molecular weight is 384 g/mol. The van der Waals surface area contributed by atoms with Crippen LogP contribution >= 0.6 is 0 Å². The first-order chi connectivity index (χ1) is 13.6. The maximum Gasteiger partial charge on any atom is 0.338 e. The SMILES string of the molecule is COc1cc(C(=O)OCc2nc(-c3cccnc3)no2)ccc1OCC(N)=O. The molecule has 0 atom stereocenters. The van der Waals surface area contributed by atoms with Gasteiger partial charge in [0, 0.05) is 18.0 Å². The van der Waals surface area contributed by atoms with Gasteiger partial charge < -0.3 is 24.5 Å². The quantitative estimate of drug-likeness (QED) is 0.570. The van der Waals surface area contributed by atoms with Gasteiger partial charge in [-0.05, 0) is 30.3 Å². The molecule has 2 aromatic heterocycles. The molecule has 0 aliphatic rings. The lowest BCUT2D eigenvalue weighted by Gasteiger charge is -2.10. The lowest BCUT2D eigenvalue weighted by atomic mass is 10.2. The zero-order valence-electron chi connectivity index (χ0n) is 14.8. The Morgan fingerprint density at radius 2 is 2.07 bits per heavy atom. The molecule has 0 saturated carbocycles. The summed E-state index contributed by atoms with van der Waals surface area (Å²) in [6.45, 7) is -0.509. The normalized spacial score (nSPS) is 10.3. The summed E-state index contributed by atoms with van der Waals surface area (Å²) >= 11 is 0. The number of aromatic nitrogens is 3. The summed E-state index contributed by atoms with van der Waals surface area (Å²) < 4.78 is 20.6. The maximum atomic E-state index is 12.2. The van der Waals surface area contributed by atoms with Crippen LogP contribution in [0.15, 0.2) is 47.2 Å². The summed E-state index contributed by atoms with van der Waals surface area (Å²) in [6, 6.07) is 7.90. The topological polar surface area (TPSA) is 140 Å². The van der Waals surface area contributed by atoms with Gasteiger partial charge in [-0.1, -0.05) is 5.16 Å². The number of amides is 1. The Morgan fingerprint density at radius 3 is 2.79 bits per heavy atom. The molecule has 0 aliphatic carbocycles. The van der Waals surface area contributed by atoms with E-state index >= 15 is 0 Å². The van der Waals surface area contributed by atoms with Gasteiger partial charge in [0.2, 0.25) is 5.82 Å². The minimum absolute atomic E-state index is 0.139.